The summed E-state index contributed by atoms with van der Waals surface area (Å²) in [6, 6.07) is -0.101. The van der Waals surface area contributed by atoms with E-state index < -0.39 is 11.3 Å². The fraction of sp³-hybridized carbons (Fsp3) is 0.636. The van der Waals surface area contributed by atoms with Crippen LogP contribution in [0.3, 0.4) is 0 Å². The largest absolute Gasteiger partial charge is 0.390 e. The molecule has 5 nitrogen and oxygen atoms in total. The molecule has 0 saturated heterocycles. The summed E-state index contributed by atoms with van der Waals surface area (Å²) in [5.41, 5.74) is -0.844. The fourth-order valence-electron chi connectivity index (χ4n) is 1.91. The van der Waals surface area contributed by atoms with E-state index in [2.05, 4.69) is 4.98 Å². The minimum absolute atomic E-state index is 0.101. The Morgan fingerprint density at radius 2 is 2.19 bits per heavy atom. The molecule has 0 amide bonds. The highest BCUT2D eigenvalue weighted by atomic mass is 16.3. The van der Waals surface area contributed by atoms with Crippen LogP contribution in [0.1, 0.15) is 37.8 Å². The number of nitrogens with zero attached hydrogens (tertiary/aromatic N) is 1. The zero-order valence-corrected chi connectivity index (χ0v) is 9.49. The smallest absolute Gasteiger partial charge is 0.328 e. The van der Waals surface area contributed by atoms with Crippen LogP contribution in [0.5, 0.6) is 0 Å². The second-order valence-corrected chi connectivity index (χ2v) is 4.76. The van der Waals surface area contributed by atoms with Gasteiger partial charge in [-0.1, -0.05) is 0 Å². The van der Waals surface area contributed by atoms with Gasteiger partial charge in [-0.15, -0.1) is 0 Å². The molecule has 0 aliphatic heterocycles. The normalized spacial score (nSPS) is 19.4. The van der Waals surface area contributed by atoms with Gasteiger partial charge in [0.2, 0.25) is 0 Å². The van der Waals surface area contributed by atoms with E-state index in [1.54, 1.807) is 13.1 Å². The lowest BCUT2D eigenvalue weighted by Crippen LogP contribution is -2.33. The third kappa shape index (κ3) is 2.09. The van der Waals surface area contributed by atoms with Crippen molar-refractivity contribution in [3.05, 3.63) is 32.6 Å². The number of rotatable bonds is 3. The van der Waals surface area contributed by atoms with E-state index in [9.17, 15) is 14.7 Å². The van der Waals surface area contributed by atoms with Crippen LogP contribution < -0.4 is 11.2 Å². The van der Waals surface area contributed by atoms with E-state index in [1.807, 2.05) is 6.92 Å². The Morgan fingerprint density at radius 1 is 1.56 bits per heavy atom. The lowest BCUT2D eigenvalue weighted by Gasteiger charge is -2.18. The van der Waals surface area contributed by atoms with Gasteiger partial charge in [0.15, 0.2) is 0 Å². The van der Waals surface area contributed by atoms with Crippen molar-refractivity contribution >= 4 is 0 Å². The van der Waals surface area contributed by atoms with Gasteiger partial charge in [-0.25, -0.2) is 4.79 Å². The van der Waals surface area contributed by atoms with Gasteiger partial charge < -0.3 is 5.11 Å². The van der Waals surface area contributed by atoms with Crippen LogP contribution in [0, 0.1) is 6.92 Å². The Kier molecular flexibility index (Phi) is 2.50. The molecule has 2 N–H and O–H groups in total. The van der Waals surface area contributed by atoms with Crippen molar-refractivity contribution in [3.63, 3.8) is 0 Å². The van der Waals surface area contributed by atoms with Crippen LogP contribution in [-0.4, -0.2) is 20.3 Å². The number of hydrogen-bond donors (Lipinski definition) is 2. The number of H-pyrrole nitrogens is 1. The maximum Gasteiger partial charge on any atom is 0.328 e. The molecule has 1 unspecified atom stereocenters. The Bertz CT molecular complexity index is 511. The molecule has 0 aromatic carbocycles. The van der Waals surface area contributed by atoms with E-state index in [4.69, 9.17) is 0 Å². The SMILES string of the molecule is Cc1cn(C(C)CC2(O)CC2)c(=O)[nH]c1=O. The van der Waals surface area contributed by atoms with Gasteiger partial charge in [-0.3, -0.25) is 14.3 Å². The second kappa shape index (κ2) is 3.59. The molecule has 0 bridgehead atoms. The average Bonchev–Trinajstić information content (AvgIpc) is 2.89. The number of aliphatic hydroxyl groups is 1. The molecule has 1 aliphatic rings. The van der Waals surface area contributed by atoms with Gasteiger partial charge in [0.05, 0.1) is 5.60 Å². The molecule has 2 rings (SSSR count). The van der Waals surface area contributed by atoms with Gasteiger partial charge in [-0.05, 0) is 33.1 Å². The van der Waals surface area contributed by atoms with Gasteiger partial charge in [0.1, 0.15) is 0 Å². The van der Waals surface area contributed by atoms with E-state index in [0.29, 0.717) is 12.0 Å². The van der Waals surface area contributed by atoms with E-state index in [0.717, 1.165) is 12.8 Å². The van der Waals surface area contributed by atoms with Gasteiger partial charge in [-0.2, -0.15) is 0 Å². The standard InChI is InChI=1S/C11H16N2O3/c1-7-6-13(10(15)12-9(7)14)8(2)5-11(16)3-4-11/h6,8,16H,3-5H2,1-2H3,(H,12,14,15). The number of aryl methyl sites for hydroxylation is 1. The third-order valence-electron chi connectivity index (χ3n) is 3.12. The van der Waals surface area contributed by atoms with E-state index >= 15 is 0 Å². The summed E-state index contributed by atoms with van der Waals surface area (Å²) in [5, 5.41) is 9.79. The van der Waals surface area contributed by atoms with Gasteiger partial charge >= 0.3 is 5.69 Å². The van der Waals surface area contributed by atoms with Crippen molar-refractivity contribution in [1.29, 1.82) is 0 Å². The molecule has 1 atom stereocenters. The molecule has 88 valence electrons. The van der Waals surface area contributed by atoms with Crippen LogP contribution in [-0.2, 0) is 0 Å². The zero-order valence-electron chi connectivity index (χ0n) is 9.49. The van der Waals surface area contributed by atoms with Crippen LogP contribution >= 0.6 is 0 Å². The quantitative estimate of drug-likeness (QED) is 0.776. The van der Waals surface area contributed by atoms with Gasteiger partial charge in [0.25, 0.3) is 5.56 Å². The summed E-state index contributed by atoms with van der Waals surface area (Å²) in [6.45, 7) is 3.53. The first-order valence-corrected chi connectivity index (χ1v) is 5.46. The van der Waals surface area contributed by atoms with Gasteiger partial charge in [0, 0.05) is 17.8 Å². The van der Waals surface area contributed by atoms with Crippen LogP contribution in [0.2, 0.25) is 0 Å². The van der Waals surface area contributed by atoms with Crippen LogP contribution in [0.15, 0.2) is 15.8 Å². The molecule has 16 heavy (non-hydrogen) atoms. The zero-order chi connectivity index (χ0) is 11.9. The molecule has 1 heterocycles. The predicted octanol–water partition coefficient (Wildman–Crippen LogP) is 0.321. The molecule has 1 aliphatic carbocycles. The van der Waals surface area contributed by atoms with Crippen molar-refractivity contribution < 1.29 is 5.11 Å². The Hall–Kier alpha value is -1.36. The maximum atomic E-state index is 11.6. The van der Waals surface area contributed by atoms with Crippen molar-refractivity contribution in [2.75, 3.05) is 0 Å². The molecular formula is C11H16N2O3. The third-order valence-corrected chi connectivity index (χ3v) is 3.12. The summed E-state index contributed by atoms with van der Waals surface area (Å²) in [5.74, 6) is 0. The van der Waals surface area contributed by atoms with Crippen molar-refractivity contribution in [3.8, 4) is 0 Å². The average molecular weight is 224 g/mol. The van der Waals surface area contributed by atoms with E-state index in [-0.39, 0.29) is 11.6 Å². The molecule has 1 aromatic rings. The predicted molar refractivity (Wildman–Crippen MR) is 59.6 cm³/mol. The first-order valence-electron chi connectivity index (χ1n) is 5.46. The summed E-state index contributed by atoms with van der Waals surface area (Å²) < 4.78 is 1.48. The highest BCUT2D eigenvalue weighted by Crippen LogP contribution is 2.41. The number of aromatic amines is 1. The van der Waals surface area contributed by atoms with Crippen LogP contribution in [0.25, 0.3) is 0 Å². The van der Waals surface area contributed by atoms with Crippen molar-refractivity contribution in [2.45, 2.75) is 44.8 Å². The first kappa shape index (κ1) is 11.1. The molecule has 0 spiro atoms. The molecule has 1 aromatic heterocycles. The summed E-state index contributed by atoms with van der Waals surface area (Å²) >= 11 is 0. The van der Waals surface area contributed by atoms with E-state index in [1.165, 1.54) is 4.57 Å². The molecule has 1 fully saturated rings. The second-order valence-electron chi connectivity index (χ2n) is 4.76. The summed E-state index contributed by atoms with van der Waals surface area (Å²) in [6.07, 6.45) is 3.71. The fourth-order valence-corrected chi connectivity index (χ4v) is 1.91. The molecular weight excluding hydrogens is 208 g/mol. The number of nitrogens with one attached hydrogen (secondary N) is 1. The first-order chi connectivity index (χ1) is 7.41. The molecule has 0 radical (unpaired) electrons. The summed E-state index contributed by atoms with van der Waals surface area (Å²) in [7, 11) is 0. The lowest BCUT2D eigenvalue weighted by atomic mass is 10.1. The minimum atomic E-state index is -0.594. The summed E-state index contributed by atoms with van der Waals surface area (Å²) in [4.78, 5) is 25.0. The molecule has 1 saturated carbocycles. The highest BCUT2D eigenvalue weighted by molar-refractivity contribution is 5.03. The Labute approximate surface area is 92.7 Å². The highest BCUT2D eigenvalue weighted by Gasteiger charge is 2.41. The lowest BCUT2D eigenvalue weighted by molar-refractivity contribution is 0.122. The van der Waals surface area contributed by atoms with Crippen LogP contribution in [0.4, 0.5) is 0 Å². The maximum absolute atomic E-state index is 11.6. The molecule has 5 heteroatoms. The van der Waals surface area contributed by atoms with Crippen molar-refractivity contribution in [1.82, 2.24) is 9.55 Å². The number of aromatic nitrogens is 2. The topological polar surface area (TPSA) is 75.1 Å². The minimum Gasteiger partial charge on any atom is -0.390 e. The Balaban J connectivity index is 2.29. The monoisotopic (exact) mass is 224 g/mol. The van der Waals surface area contributed by atoms with Crippen molar-refractivity contribution in [2.24, 2.45) is 0 Å². The number of hydrogen-bond acceptors (Lipinski definition) is 3. The Morgan fingerprint density at radius 3 is 2.75 bits per heavy atom.